The van der Waals surface area contributed by atoms with Crippen LogP contribution in [-0.4, -0.2) is 59.3 Å². The van der Waals surface area contributed by atoms with Gasteiger partial charge in [-0.15, -0.1) is 0 Å². The molecule has 7 nitrogen and oxygen atoms in total. The van der Waals surface area contributed by atoms with Crippen LogP contribution in [0.15, 0.2) is 36.5 Å². The van der Waals surface area contributed by atoms with Crippen LogP contribution in [0.5, 0.6) is 5.75 Å². The summed E-state index contributed by atoms with van der Waals surface area (Å²) < 4.78 is 5.18. The summed E-state index contributed by atoms with van der Waals surface area (Å²) >= 11 is 0. The van der Waals surface area contributed by atoms with E-state index < -0.39 is 0 Å². The van der Waals surface area contributed by atoms with Crippen LogP contribution < -0.4 is 10.1 Å². The molecule has 1 saturated heterocycles. The predicted octanol–water partition coefficient (Wildman–Crippen LogP) is 1.45. The van der Waals surface area contributed by atoms with Gasteiger partial charge in [-0.3, -0.25) is 10.00 Å². The standard InChI is InChI=1S/C17H23N5O2/c1-24-16-4-2-14(3-5-16)13-21-8-10-22(11-9-21)17(23)18-12-15-6-7-19-20-15/h2-7H,8-13H2,1H3,(H,18,23)(H,19,20). The number of rotatable bonds is 5. The van der Waals surface area contributed by atoms with E-state index in [1.54, 1.807) is 13.3 Å². The fourth-order valence-corrected chi connectivity index (χ4v) is 2.76. The maximum Gasteiger partial charge on any atom is 0.317 e. The molecule has 2 amide bonds. The highest BCUT2D eigenvalue weighted by molar-refractivity contribution is 5.74. The molecule has 0 spiro atoms. The van der Waals surface area contributed by atoms with Crippen molar-refractivity contribution < 1.29 is 9.53 Å². The van der Waals surface area contributed by atoms with Crippen molar-refractivity contribution >= 4 is 6.03 Å². The van der Waals surface area contributed by atoms with Gasteiger partial charge in [-0.25, -0.2) is 4.79 Å². The van der Waals surface area contributed by atoms with Crippen LogP contribution in [0.3, 0.4) is 0 Å². The number of ether oxygens (including phenoxy) is 1. The normalized spacial score (nSPS) is 15.3. The lowest BCUT2D eigenvalue weighted by Gasteiger charge is -2.34. The fraction of sp³-hybridized carbons (Fsp3) is 0.412. The number of H-pyrrole nitrogens is 1. The third-order valence-corrected chi connectivity index (χ3v) is 4.21. The Morgan fingerprint density at radius 2 is 1.96 bits per heavy atom. The van der Waals surface area contributed by atoms with E-state index in [-0.39, 0.29) is 6.03 Å². The Morgan fingerprint density at radius 1 is 1.21 bits per heavy atom. The highest BCUT2D eigenvalue weighted by Crippen LogP contribution is 2.14. The van der Waals surface area contributed by atoms with Crippen LogP contribution in [-0.2, 0) is 13.1 Å². The molecule has 0 atom stereocenters. The number of aromatic amines is 1. The molecule has 3 rings (SSSR count). The average Bonchev–Trinajstić information content (AvgIpc) is 3.14. The molecular weight excluding hydrogens is 306 g/mol. The summed E-state index contributed by atoms with van der Waals surface area (Å²) in [6, 6.07) is 9.97. The van der Waals surface area contributed by atoms with Crippen LogP contribution in [0.4, 0.5) is 4.79 Å². The van der Waals surface area contributed by atoms with Crippen LogP contribution in [0, 0.1) is 0 Å². The molecule has 1 fully saturated rings. The Balaban J connectivity index is 1.42. The van der Waals surface area contributed by atoms with E-state index in [9.17, 15) is 4.79 Å². The van der Waals surface area contributed by atoms with E-state index >= 15 is 0 Å². The smallest absolute Gasteiger partial charge is 0.317 e. The summed E-state index contributed by atoms with van der Waals surface area (Å²) in [5.41, 5.74) is 2.16. The van der Waals surface area contributed by atoms with Crippen molar-refractivity contribution in [1.29, 1.82) is 0 Å². The van der Waals surface area contributed by atoms with E-state index in [4.69, 9.17) is 4.74 Å². The zero-order valence-corrected chi connectivity index (χ0v) is 13.9. The molecule has 1 aliphatic rings. The average molecular weight is 329 g/mol. The van der Waals surface area contributed by atoms with E-state index in [1.807, 2.05) is 23.1 Å². The maximum atomic E-state index is 12.2. The number of carbonyl (C=O) groups is 1. The maximum absolute atomic E-state index is 12.2. The number of piperazine rings is 1. The zero-order valence-electron chi connectivity index (χ0n) is 13.9. The number of benzene rings is 1. The van der Waals surface area contributed by atoms with Crippen molar-refractivity contribution in [2.24, 2.45) is 0 Å². The third kappa shape index (κ3) is 4.26. The monoisotopic (exact) mass is 329 g/mol. The topological polar surface area (TPSA) is 73.5 Å². The molecule has 7 heteroatoms. The lowest BCUT2D eigenvalue weighted by Crippen LogP contribution is -2.51. The molecular formula is C17H23N5O2. The lowest BCUT2D eigenvalue weighted by atomic mass is 10.2. The highest BCUT2D eigenvalue weighted by atomic mass is 16.5. The number of amides is 2. The summed E-state index contributed by atoms with van der Waals surface area (Å²) in [6.07, 6.45) is 1.68. The van der Waals surface area contributed by atoms with Crippen LogP contribution >= 0.6 is 0 Å². The van der Waals surface area contributed by atoms with E-state index in [1.165, 1.54) is 5.56 Å². The minimum atomic E-state index is -0.0197. The first-order valence-corrected chi connectivity index (χ1v) is 8.11. The highest BCUT2D eigenvalue weighted by Gasteiger charge is 2.20. The van der Waals surface area contributed by atoms with Crippen LogP contribution in [0.1, 0.15) is 11.3 Å². The SMILES string of the molecule is COc1ccc(CN2CCN(C(=O)NCc3ccn[nH]3)CC2)cc1. The quantitative estimate of drug-likeness (QED) is 0.871. The molecule has 2 aromatic rings. The summed E-state index contributed by atoms with van der Waals surface area (Å²) in [5.74, 6) is 0.873. The molecule has 2 heterocycles. The molecule has 0 radical (unpaired) electrons. The van der Waals surface area contributed by atoms with Gasteiger partial charge in [0.1, 0.15) is 5.75 Å². The zero-order chi connectivity index (χ0) is 16.8. The first kappa shape index (κ1) is 16.3. The summed E-state index contributed by atoms with van der Waals surface area (Å²) in [7, 11) is 1.67. The van der Waals surface area contributed by atoms with Gasteiger partial charge in [0.2, 0.25) is 0 Å². The van der Waals surface area contributed by atoms with Crippen molar-refractivity contribution in [1.82, 2.24) is 25.3 Å². The van der Waals surface area contributed by atoms with Gasteiger partial charge in [-0.2, -0.15) is 5.10 Å². The number of urea groups is 1. The van der Waals surface area contributed by atoms with Crippen molar-refractivity contribution in [2.45, 2.75) is 13.1 Å². The van der Waals surface area contributed by atoms with Gasteiger partial charge in [0.15, 0.2) is 0 Å². The van der Waals surface area contributed by atoms with Gasteiger partial charge in [0, 0.05) is 38.9 Å². The number of hydrogen-bond acceptors (Lipinski definition) is 4. The van der Waals surface area contributed by atoms with Crippen molar-refractivity contribution in [3.8, 4) is 5.75 Å². The van der Waals surface area contributed by atoms with E-state index in [0.29, 0.717) is 6.54 Å². The van der Waals surface area contributed by atoms with Gasteiger partial charge in [0.05, 0.1) is 19.3 Å². The minimum absolute atomic E-state index is 0.0197. The molecule has 0 saturated carbocycles. The molecule has 0 unspecified atom stereocenters. The fourth-order valence-electron chi connectivity index (χ4n) is 2.76. The van der Waals surface area contributed by atoms with E-state index in [2.05, 4.69) is 32.5 Å². The Hall–Kier alpha value is -2.54. The number of aromatic nitrogens is 2. The lowest BCUT2D eigenvalue weighted by molar-refractivity contribution is 0.135. The second kappa shape index (κ2) is 7.83. The summed E-state index contributed by atoms with van der Waals surface area (Å²) in [5, 5.41) is 9.62. The first-order valence-electron chi connectivity index (χ1n) is 8.11. The molecule has 1 aromatic carbocycles. The number of hydrogen-bond donors (Lipinski definition) is 2. The van der Waals surface area contributed by atoms with Gasteiger partial charge >= 0.3 is 6.03 Å². The number of carbonyl (C=O) groups excluding carboxylic acids is 1. The van der Waals surface area contributed by atoms with Gasteiger partial charge in [-0.1, -0.05) is 12.1 Å². The third-order valence-electron chi connectivity index (χ3n) is 4.21. The van der Waals surface area contributed by atoms with E-state index in [0.717, 1.165) is 44.2 Å². The molecule has 128 valence electrons. The number of methoxy groups -OCH3 is 1. The Kier molecular flexibility index (Phi) is 5.32. The number of nitrogens with one attached hydrogen (secondary N) is 2. The van der Waals surface area contributed by atoms with Crippen LogP contribution in [0.2, 0.25) is 0 Å². The molecule has 1 aliphatic heterocycles. The molecule has 1 aromatic heterocycles. The first-order chi connectivity index (χ1) is 11.7. The van der Waals surface area contributed by atoms with Gasteiger partial charge in [-0.05, 0) is 23.8 Å². The van der Waals surface area contributed by atoms with Crippen molar-refractivity contribution in [3.05, 3.63) is 47.8 Å². The largest absolute Gasteiger partial charge is 0.497 e. The second-order valence-electron chi connectivity index (χ2n) is 5.85. The molecule has 0 bridgehead atoms. The molecule has 0 aliphatic carbocycles. The van der Waals surface area contributed by atoms with Crippen LogP contribution in [0.25, 0.3) is 0 Å². The van der Waals surface area contributed by atoms with Gasteiger partial charge in [0.25, 0.3) is 0 Å². The summed E-state index contributed by atoms with van der Waals surface area (Å²) in [6.45, 7) is 4.61. The van der Waals surface area contributed by atoms with Crippen molar-refractivity contribution in [3.63, 3.8) is 0 Å². The molecule has 2 N–H and O–H groups in total. The number of nitrogens with zero attached hydrogens (tertiary/aromatic N) is 3. The summed E-state index contributed by atoms with van der Waals surface area (Å²) in [4.78, 5) is 16.4. The predicted molar refractivity (Wildman–Crippen MR) is 90.7 cm³/mol. The Bertz CT molecular complexity index is 634. The second-order valence-corrected chi connectivity index (χ2v) is 5.85. The Labute approximate surface area is 141 Å². The Morgan fingerprint density at radius 3 is 2.58 bits per heavy atom. The minimum Gasteiger partial charge on any atom is -0.497 e. The van der Waals surface area contributed by atoms with Gasteiger partial charge < -0.3 is 15.0 Å². The van der Waals surface area contributed by atoms with Crippen molar-refractivity contribution in [2.75, 3.05) is 33.3 Å². The molecule has 24 heavy (non-hydrogen) atoms.